The van der Waals surface area contributed by atoms with Gasteiger partial charge >= 0.3 is 0 Å². The number of nitrogens with zero attached hydrogens (tertiary/aromatic N) is 3. The third-order valence-corrected chi connectivity index (χ3v) is 5.96. The van der Waals surface area contributed by atoms with Gasteiger partial charge < -0.3 is 19.4 Å². The zero-order valence-corrected chi connectivity index (χ0v) is 19.5. The van der Waals surface area contributed by atoms with Gasteiger partial charge in [0.1, 0.15) is 11.5 Å². The summed E-state index contributed by atoms with van der Waals surface area (Å²) in [4.78, 5) is 12.3. The summed E-state index contributed by atoms with van der Waals surface area (Å²) in [5.41, 5.74) is 1.63. The number of nitrogens with one attached hydrogen (secondary N) is 1. The zero-order chi connectivity index (χ0) is 22.4. The molecule has 0 radical (unpaired) electrons. The molecule has 2 aromatic carbocycles. The number of hydrogen-bond acceptors (Lipinski definition) is 6. The highest BCUT2D eigenvalue weighted by Crippen LogP contribution is 2.26. The lowest BCUT2D eigenvalue weighted by Gasteiger charge is -2.15. The largest absolute Gasteiger partial charge is 0.497 e. The number of thioether (sulfide) groups is 1. The van der Waals surface area contributed by atoms with Crippen LogP contribution in [0, 0.1) is 6.92 Å². The molecule has 0 aliphatic carbocycles. The van der Waals surface area contributed by atoms with Crippen LogP contribution in [-0.4, -0.2) is 33.5 Å². The molecule has 1 aromatic heterocycles. The molecule has 7 nitrogen and oxygen atoms in total. The third-order valence-electron chi connectivity index (χ3n) is 4.59. The highest BCUT2D eigenvalue weighted by atomic mass is 35.5. The highest BCUT2D eigenvalue weighted by Gasteiger charge is 2.19. The summed E-state index contributed by atoms with van der Waals surface area (Å²) in [5, 5.41) is 12.7. The van der Waals surface area contributed by atoms with Crippen molar-refractivity contribution >= 4 is 35.0 Å². The maximum atomic E-state index is 12.3. The Morgan fingerprint density at radius 2 is 1.90 bits per heavy atom. The first-order valence-electron chi connectivity index (χ1n) is 9.83. The van der Waals surface area contributed by atoms with E-state index in [2.05, 4.69) is 15.5 Å². The van der Waals surface area contributed by atoms with Crippen molar-refractivity contribution in [1.82, 2.24) is 14.8 Å². The summed E-state index contributed by atoms with van der Waals surface area (Å²) < 4.78 is 13.1. The Labute approximate surface area is 191 Å². The standard InChI is InChI=1S/C22H25ClN4O3S/c1-5-27-21(15(3)30-18-10-8-17(29-4)9-11-18)25-26-22(27)31-13-20(28)24-16-7-6-14(2)19(23)12-16/h6-12,15H,5,13H2,1-4H3,(H,24,28). The molecule has 3 rings (SSSR count). The lowest BCUT2D eigenvalue weighted by molar-refractivity contribution is -0.113. The Hall–Kier alpha value is -2.71. The molecule has 0 saturated heterocycles. The maximum Gasteiger partial charge on any atom is 0.234 e. The van der Waals surface area contributed by atoms with Gasteiger partial charge in [-0.15, -0.1) is 10.2 Å². The van der Waals surface area contributed by atoms with Crippen molar-refractivity contribution in [1.29, 1.82) is 0 Å². The van der Waals surface area contributed by atoms with Crippen LogP contribution in [0.15, 0.2) is 47.6 Å². The monoisotopic (exact) mass is 460 g/mol. The van der Waals surface area contributed by atoms with E-state index in [4.69, 9.17) is 21.1 Å². The van der Waals surface area contributed by atoms with Crippen molar-refractivity contribution in [2.45, 2.75) is 38.6 Å². The second-order valence-corrected chi connectivity index (χ2v) is 8.17. The van der Waals surface area contributed by atoms with E-state index in [1.807, 2.05) is 61.7 Å². The predicted octanol–water partition coefficient (Wildman–Crippen LogP) is 5.14. The molecule has 0 saturated carbocycles. The van der Waals surface area contributed by atoms with E-state index in [1.165, 1.54) is 11.8 Å². The van der Waals surface area contributed by atoms with Crippen molar-refractivity contribution in [2.75, 3.05) is 18.2 Å². The number of aromatic nitrogens is 3. The summed E-state index contributed by atoms with van der Waals surface area (Å²) in [5.74, 6) is 2.24. The number of aryl methyl sites for hydroxylation is 1. The van der Waals surface area contributed by atoms with Gasteiger partial charge in [0.2, 0.25) is 5.91 Å². The van der Waals surface area contributed by atoms with Crippen molar-refractivity contribution in [3.8, 4) is 11.5 Å². The molecule has 1 atom stereocenters. The van der Waals surface area contributed by atoms with Crippen LogP contribution >= 0.6 is 23.4 Å². The molecule has 1 unspecified atom stereocenters. The van der Waals surface area contributed by atoms with E-state index in [-0.39, 0.29) is 17.8 Å². The van der Waals surface area contributed by atoms with E-state index in [9.17, 15) is 4.79 Å². The first kappa shape index (κ1) is 23.0. The second-order valence-electron chi connectivity index (χ2n) is 6.82. The number of halogens is 1. The molecule has 31 heavy (non-hydrogen) atoms. The van der Waals surface area contributed by atoms with Gasteiger partial charge in [-0.25, -0.2) is 0 Å². The number of carbonyl (C=O) groups is 1. The van der Waals surface area contributed by atoms with Crippen LogP contribution in [0.4, 0.5) is 5.69 Å². The Kier molecular flexibility index (Phi) is 7.81. The highest BCUT2D eigenvalue weighted by molar-refractivity contribution is 7.99. The third kappa shape index (κ3) is 5.92. The second kappa shape index (κ2) is 10.5. The zero-order valence-electron chi connectivity index (χ0n) is 17.9. The van der Waals surface area contributed by atoms with Gasteiger partial charge in [-0.05, 0) is 62.7 Å². The topological polar surface area (TPSA) is 78.3 Å². The minimum atomic E-state index is -0.307. The lowest BCUT2D eigenvalue weighted by Crippen LogP contribution is -2.15. The fourth-order valence-electron chi connectivity index (χ4n) is 2.91. The van der Waals surface area contributed by atoms with E-state index in [0.717, 1.165) is 11.3 Å². The Balaban J connectivity index is 1.61. The summed E-state index contributed by atoms with van der Waals surface area (Å²) in [6.45, 7) is 6.50. The quantitative estimate of drug-likeness (QED) is 0.445. The van der Waals surface area contributed by atoms with Crippen molar-refractivity contribution < 1.29 is 14.3 Å². The number of rotatable bonds is 9. The van der Waals surface area contributed by atoms with Gasteiger partial charge in [0.25, 0.3) is 0 Å². The summed E-state index contributed by atoms with van der Waals surface area (Å²) in [6.07, 6.45) is -0.307. The predicted molar refractivity (Wildman–Crippen MR) is 123 cm³/mol. The van der Waals surface area contributed by atoms with Crippen LogP contribution in [0.2, 0.25) is 5.02 Å². The first-order valence-corrected chi connectivity index (χ1v) is 11.2. The molecule has 0 aliphatic rings. The van der Waals surface area contributed by atoms with E-state index < -0.39 is 0 Å². The molecular weight excluding hydrogens is 436 g/mol. The number of amides is 1. The van der Waals surface area contributed by atoms with Crippen LogP contribution in [0.25, 0.3) is 0 Å². The minimum Gasteiger partial charge on any atom is -0.497 e. The number of hydrogen-bond donors (Lipinski definition) is 1. The first-order chi connectivity index (χ1) is 14.9. The lowest BCUT2D eigenvalue weighted by atomic mass is 10.2. The van der Waals surface area contributed by atoms with Gasteiger partial charge in [0, 0.05) is 17.3 Å². The van der Waals surface area contributed by atoms with E-state index >= 15 is 0 Å². The molecule has 9 heteroatoms. The van der Waals surface area contributed by atoms with Gasteiger partial charge in [0.05, 0.1) is 12.9 Å². The summed E-state index contributed by atoms with van der Waals surface area (Å²) >= 11 is 7.45. The number of carbonyl (C=O) groups excluding carboxylic acids is 1. The van der Waals surface area contributed by atoms with E-state index in [1.54, 1.807) is 13.2 Å². The van der Waals surface area contributed by atoms with Crippen LogP contribution in [-0.2, 0) is 11.3 Å². The molecular formula is C22H25ClN4O3S. The van der Waals surface area contributed by atoms with Crippen molar-refractivity contribution in [2.24, 2.45) is 0 Å². The van der Waals surface area contributed by atoms with Crippen molar-refractivity contribution in [3.05, 3.63) is 58.9 Å². The molecule has 0 aliphatic heterocycles. The number of anilines is 1. The molecule has 164 valence electrons. The van der Waals surface area contributed by atoms with Crippen LogP contribution in [0.3, 0.4) is 0 Å². The van der Waals surface area contributed by atoms with Crippen LogP contribution in [0.1, 0.15) is 31.3 Å². The van der Waals surface area contributed by atoms with Gasteiger partial charge in [-0.3, -0.25) is 4.79 Å². The molecule has 1 amide bonds. The van der Waals surface area contributed by atoms with Crippen molar-refractivity contribution in [3.63, 3.8) is 0 Å². The number of ether oxygens (including phenoxy) is 2. The molecule has 1 heterocycles. The molecule has 0 spiro atoms. The fraction of sp³-hybridized carbons (Fsp3) is 0.318. The molecule has 3 aromatic rings. The number of methoxy groups -OCH3 is 1. The fourth-order valence-corrected chi connectivity index (χ4v) is 3.90. The summed E-state index contributed by atoms with van der Waals surface area (Å²) in [7, 11) is 1.62. The molecule has 1 N–H and O–H groups in total. The maximum absolute atomic E-state index is 12.3. The smallest absolute Gasteiger partial charge is 0.234 e. The average Bonchev–Trinajstić information content (AvgIpc) is 3.18. The van der Waals surface area contributed by atoms with Gasteiger partial charge in [-0.2, -0.15) is 0 Å². The Bertz CT molecular complexity index is 1040. The minimum absolute atomic E-state index is 0.139. The summed E-state index contributed by atoms with van der Waals surface area (Å²) in [6, 6.07) is 12.8. The van der Waals surface area contributed by atoms with Crippen LogP contribution < -0.4 is 14.8 Å². The van der Waals surface area contributed by atoms with E-state index in [0.29, 0.717) is 34.0 Å². The molecule has 0 bridgehead atoms. The normalized spacial score (nSPS) is 11.8. The number of benzene rings is 2. The van der Waals surface area contributed by atoms with Crippen LogP contribution in [0.5, 0.6) is 11.5 Å². The van der Waals surface area contributed by atoms with Gasteiger partial charge in [0.15, 0.2) is 17.1 Å². The van der Waals surface area contributed by atoms with Gasteiger partial charge in [-0.1, -0.05) is 29.4 Å². The Morgan fingerprint density at radius 3 is 2.55 bits per heavy atom. The Morgan fingerprint density at radius 1 is 1.19 bits per heavy atom. The average molecular weight is 461 g/mol. The SMILES string of the molecule is CCn1c(SCC(=O)Nc2ccc(C)c(Cl)c2)nnc1C(C)Oc1ccc(OC)cc1. The molecule has 0 fully saturated rings.